The number of alkyl halides is 2. The average Bonchev–Trinajstić information content (AvgIpc) is 2.53. The second-order valence-electron chi connectivity index (χ2n) is 5.61. The molecule has 1 rings (SSSR count). The van der Waals surface area contributed by atoms with Gasteiger partial charge in [0.15, 0.2) is 5.92 Å². The number of carbonyl (C=O) groups is 1. The Balaban J connectivity index is 3.18. The van der Waals surface area contributed by atoms with Gasteiger partial charge in [-0.05, 0) is 37.5 Å². The first-order valence-corrected chi connectivity index (χ1v) is 8.31. The van der Waals surface area contributed by atoms with Crippen molar-refractivity contribution in [1.82, 2.24) is 0 Å². The van der Waals surface area contributed by atoms with Gasteiger partial charge in [-0.25, -0.2) is 8.78 Å². The molecule has 1 aromatic carbocycles. The lowest BCUT2D eigenvalue weighted by Crippen LogP contribution is -2.45. The Kier molecular flexibility index (Phi) is 8.11. The lowest BCUT2D eigenvalue weighted by Gasteiger charge is -2.34. The van der Waals surface area contributed by atoms with Gasteiger partial charge in [-0.2, -0.15) is 0 Å². The molecule has 0 aromatic heterocycles. The summed E-state index contributed by atoms with van der Waals surface area (Å²) in [7, 11) is 0. The zero-order valence-corrected chi connectivity index (χ0v) is 14.4. The van der Waals surface area contributed by atoms with Crippen molar-refractivity contribution in [2.75, 3.05) is 13.2 Å². The van der Waals surface area contributed by atoms with Crippen molar-refractivity contribution in [2.24, 2.45) is 5.92 Å². The van der Waals surface area contributed by atoms with Crippen molar-refractivity contribution < 1.29 is 28.2 Å². The van der Waals surface area contributed by atoms with Crippen LogP contribution >= 0.6 is 0 Å². The van der Waals surface area contributed by atoms with Crippen LogP contribution in [0, 0.1) is 5.92 Å². The number of benzene rings is 1. The van der Waals surface area contributed by atoms with E-state index in [4.69, 9.17) is 9.47 Å². The molecule has 0 saturated heterocycles. The first-order chi connectivity index (χ1) is 11.4. The van der Waals surface area contributed by atoms with Crippen LogP contribution in [-0.2, 0) is 15.1 Å². The van der Waals surface area contributed by atoms with Crippen LogP contribution in [0.15, 0.2) is 24.3 Å². The molecule has 0 fully saturated rings. The van der Waals surface area contributed by atoms with Crippen LogP contribution in [0.4, 0.5) is 8.78 Å². The summed E-state index contributed by atoms with van der Waals surface area (Å²) in [6.45, 7) is 5.80. The first-order valence-electron chi connectivity index (χ1n) is 8.31. The van der Waals surface area contributed by atoms with Gasteiger partial charge < -0.3 is 14.6 Å². The van der Waals surface area contributed by atoms with Gasteiger partial charge in [0.1, 0.15) is 11.4 Å². The molecular formula is C18H26F2O4. The van der Waals surface area contributed by atoms with Gasteiger partial charge in [-0.15, -0.1) is 0 Å². The molecule has 1 N–H and O–H groups in total. The molecule has 2 atom stereocenters. The minimum absolute atomic E-state index is 0.0198. The largest absolute Gasteiger partial charge is 0.494 e. The zero-order valence-electron chi connectivity index (χ0n) is 14.4. The molecule has 0 heterocycles. The van der Waals surface area contributed by atoms with E-state index in [1.54, 1.807) is 26.0 Å². The molecule has 0 bridgehead atoms. The van der Waals surface area contributed by atoms with Crippen LogP contribution < -0.4 is 4.74 Å². The highest BCUT2D eigenvalue weighted by Gasteiger charge is 2.48. The van der Waals surface area contributed by atoms with Gasteiger partial charge in [0.2, 0.25) is 0 Å². The quantitative estimate of drug-likeness (QED) is 0.654. The van der Waals surface area contributed by atoms with E-state index in [1.165, 1.54) is 12.1 Å². The van der Waals surface area contributed by atoms with Gasteiger partial charge in [0, 0.05) is 0 Å². The lowest BCUT2D eigenvalue weighted by molar-refractivity contribution is -0.173. The van der Waals surface area contributed by atoms with Crippen molar-refractivity contribution in [3.63, 3.8) is 0 Å². The van der Waals surface area contributed by atoms with E-state index < -0.39 is 23.9 Å². The van der Waals surface area contributed by atoms with E-state index in [-0.39, 0.29) is 18.6 Å². The summed E-state index contributed by atoms with van der Waals surface area (Å²) in [5.41, 5.74) is -1.73. The Bertz CT molecular complexity index is 504. The fourth-order valence-corrected chi connectivity index (χ4v) is 2.66. The van der Waals surface area contributed by atoms with E-state index in [0.29, 0.717) is 18.8 Å². The van der Waals surface area contributed by atoms with E-state index >= 15 is 0 Å². The Morgan fingerprint density at radius 2 is 1.79 bits per heavy atom. The molecule has 1 aromatic rings. The van der Waals surface area contributed by atoms with Gasteiger partial charge in [0.05, 0.1) is 13.2 Å². The number of rotatable bonds is 10. The Hall–Kier alpha value is -1.69. The summed E-state index contributed by atoms with van der Waals surface area (Å²) >= 11 is 0. The molecule has 0 aliphatic heterocycles. The van der Waals surface area contributed by atoms with Gasteiger partial charge >= 0.3 is 5.97 Å². The number of ether oxygens (including phenoxy) is 2. The van der Waals surface area contributed by atoms with Crippen LogP contribution in [0.2, 0.25) is 0 Å². The Morgan fingerprint density at radius 3 is 2.25 bits per heavy atom. The second kappa shape index (κ2) is 9.57. The SMILES string of the molecule is CCCOc1ccc(C(O)(CCC)C(C(=O)OCC)C(F)F)cc1. The van der Waals surface area contributed by atoms with Crippen LogP contribution in [0.3, 0.4) is 0 Å². The van der Waals surface area contributed by atoms with Crippen LogP contribution in [-0.4, -0.2) is 30.7 Å². The maximum absolute atomic E-state index is 13.5. The summed E-state index contributed by atoms with van der Waals surface area (Å²) in [5, 5.41) is 11.0. The zero-order chi connectivity index (χ0) is 18.2. The molecular weight excluding hydrogens is 318 g/mol. The molecule has 0 radical (unpaired) electrons. The number of hydrogen-bond donors (Lipinski definition) is 1. The van der Waals surface area contributed by atoms with Crippen LogP contribution in [0.1, 0.15) is 45.6 Å². The fourth-order valence-electron chi connectivity index (χ4n) is 2.66. The third kappa shape index (κ3) is 4.90. The maximum Gasteiger partial charge on any atom is 0.318 e. The van der Waals surface area contributed by atoms with Crippen LogP contribution in [0.5, 0.6) is 5.75 Å². The summed E-state index contributed by atoms with van der Waals surface area (Å²) in [5.74, 6) is -2.43. The van der Waals surface area contributed by atoms with E-state index in [2.05, 4.69) is 0 Å². The van der Waals surface area contributed by atoms with Crippen molar-refractivity contribution >= 4 is 5.97 Å². The third-order valence-corrected chi connectivity index (χ3v) is 3.77. The lowest BCUT2D eigenvalue weighted by atomic mass is 9.78. The van der Waals surface area contributed by atoms with Gasteiger partial charge in [-0.1, -0.05) is 32.4 Å². The van der Waals surface area contributed by atoms with Crippen molar-refractivity contribution in [1.29, 1.82) is 0 Å². The predicted octanol–water partition coefficient (Wildman–Crippen LogP) is 3.91. The number of hydrogen-bond acceptors (Lipinski definition) is 4. The highest BCUT2D eigenvalue weighted by atomic mass is 19.3. The molecule has 0 aliphatic rings. The standard InChI is InChI=1S/C18H26F2O4/c1-4-11-18(22,15(16(19)20)17(21)23-6-3)13-7-9-14(10-8-13)24-12-5-2/h7-10,15-16,22H,4-6,11-12H2,1-3H3. The van der Waals surface area contributed by atoms with E-state index in [0.717, 1.165) is 6.42 Å². The molecule has 0 aliphatic carbocycles. The minimum atomic E-state index is -3.03. The Morgan fingerprint density at radius 1 is 1.17 bits per heavy atom. The molecule has 0 spiro atoms. The normalized spacial score (nSPS) is 15.0. The minimum Gasteiger partial charge on any atom is -0.494 e. The molecule has 136 valence electrons. The molecule has 6 heteroatoms. The first kappa shape index (κ1) is 20.4. The molecule has 0 saturated carbocycles. The average molecular weight is 344 g/mol. The van der Waals surface area contributed by atoms with Crippen LogP contribution in [0.25, 0.3) is 0 Å². The monoisotopic (exact) mass is 344 g/mol. The van der Waals surface area contributed by atoms with Gasteiger partial charge in [-0.3, -0.25) is 4.79 Å². The summed E-state index contributed by atoms with van der Waals surface area (Å²) in [6, 6.07) is 6.27. The highest BCUT2D eigenvalue weighted by Crippen LogP contribution is 2.39. The fraction of sp³-hybridized carbons (Fsp3) is 0.611. The van der Waals surface area contributed by atoms with E-state index in [9.17, 15) is 18.7 Å². The predicted molar refractivity (Wildman–Crippen MR) is 87.2 cm³/mol. The summed E-state index contributed by atoms with van der Waals surface area (Å²) in [6.07, 6.45) is -1.72. The summed E-state index contributed by atoms with van der Waals surface area (Å²) in [4.78, 5) is 12.0. The third-order valence-electron chi connectivity index (χ3n) is 3.77. The van der Waals surface area contributed by atoms with Crippen molar-refractivity contribution in [3.05, 3.63) is 29.8 Å². The smallest absolute Gasteiger partial charge is 0.318 e. The molecule has 0 amide bonds. The number of carbonyl (C=O) groups excluding carboxylic acids is 1. The second-order valence-corrected chi connectivity index (χ2v) is 5.61. The van der Waals surface area contributed by atoms with Gasteiger partial charge in [0.25, 0.3) is 6.43 Å². The number of halogens is 2. The number of esters is 1. The maximum atomic E-state index is 13.5. The molecule has 2 unspecified atom stereocenters. The molecule has 4 nitrogen and oxygen atoms in total. The topological polar surface area (TPSA) is 55.8 Å². The molecule has 24 heavy (non-hydrogen) atoms. The highest BCUT2D eigenvalue weighted by molar-refractivity contribution is 5.75. The Labute approximate surface area is 141 Å². The number of aliphatic hydroxyl groups is 1. The summed E-state index contributed by atoms with van der Waals surface area (Å²) < 4.78 is 37.3. The van der Waals surface area contributed by atoms with Crippen molar-refractivity contribution in [2.45, 2.75) is 52.1 Å². The van der Waals surface area contributed by atoms with E-state index in [1.807, 2.05) is 6.92 Å². The van der Waals surface area contributed by atoms with Crippen molar-refractivity contribution in [3.8, 4) is 5.75 Å².